The topological polar surface area (TPSA) is 57.6 Å². The fourth-order valence-corrected chi connectivity index (χ4v) is 2.13. The van der Waals surface area contributed by atoms with Gasteiger partial charge in [-0.15, -0.1) is 0 Å². The van der Waals surface area contributed by atoms with E-state index in [1.807, 2.05) is 0 Å². The van der Waals surface area contributed by atoms with Gasteiger partial charge in [0.05, 0.1) is 0 Å². The molecule has 0 heterocycles. The van der Waals surface area contributed by atoms with E-state index in [4.69, 9.17) is 0 Å². The SMILES string of the molecule is CCN(C=O)C(C)(CC1CCC1)C(=O)O. The number of amides is 1. The Morgan fingerprint density at radius 2 is 2.20 bits per heavy atom. The van der Waals surface area contributed by atoms with Crippen molar-refractivity contribution in [2.45, 2.75) is 45.1 Å². The first kappa shape index (κ1) is 12.0. The second kappa shape index (κ2) is 4.64. The van der Waals surface area contributed by atoms with Gasteiger partial charge in [0.2, 0.25) is 6.41 Å². The summed E-state index contributed by atoms with van der Waals surface area (Å²) in [6.07, 6.45) is 4.61. The molecule has 0 aromatic heterocycles. The highest BCUT2D eigenvalue weighted by atomic mass is 16.4. The van der Waals surface area contributed by atoms with E-state index in [2.05, 4.69) is 0 Å². The average Bonchev–Trinajstić information content (AvgIpc) is 2.13. The van der Waals surface area contributed by atoms with Crippen molar-refractivity contribution in [3.05, 3.63) is 0 Å². The van der Waals surface area contributed by atoms with E-state index in [0.29, 0.717) is 25.3 Å². The van der Waals surface area contributed by atoms with Gasteiger partial charge in [-0.05, 0) is 26.2 Å². The standard InChI is InChI=1S/C11H19NO3/c1-3-12(8-13)11(2,10(14)15)7-9-5-4-6-9/h8-9H,3-7H2,1-2H3,(H,14,15). The minimum atomic E-state index is -1.03. The van der Waals surface area contributed by atoms with Gasteiger partial charge >= 0.3 is 5.97 Å². The predicted molar refractivity (Wildman–Crippen MR) is 56.4 cm³/mol. The molecular weight excluding hydrogens is 194 g/mol. The molecule has 0 aromatic rings. The fraction of sp³-hybridized carbons (Fsp3) is 0.818. The number of hydrogen-bond donors (Lipinski definition) is 1. The Morgan fingerprint density at radius 3 is 2.47 bits per heavy atom. The van der Waals surface area contributed by atoms with Gasteiger partial charge < -0.3 is 10.0 Å². The normalized spacial score (nSPS) is 20.1. The summed E-state index contributed by atoms with van der Waals surface area (Å²) in [4.78, 5) is 23.5. The van der Waals surface area contributed by atoms with Crippen LogP contribution in [-0.4, -0.2) is 34.5 Å². The molecule has 15 heavy (non-hydrogen) atoms. The molecule has 1 rings (SSSR count). The van der Waals surface area contributed by atoms with Gasteiger partial charge in [0.15, 0.2) is 0 Å². The van der Waals surface area contributed by atoms with Crippen LogP contribution in [0.1, 0.15) is 39.5 Å². The molecule has 0 spiro atoms. The van der Waals surface area contributed by atoms with Gasteiger partial charge in [0.1, 0.15) is 5.54 Å². The number of rotatable bonds is 6. The summed E-state index contributed by atoms with van der Waals surface area (Å²) in [7, 11) is 0. The molecule has 86 valence electrons. The van der Waals surface area contributed by atoms with Crippen LogP contribution in [0.2, 0.25) is 0 Å². The molecule has 0 aliphatic heterocycles. The third-order valence-electron chi connectivity index (χ3n) is 3.47. The summed E-state index contributed by atoms with van der Waals surface area (Å²) in [5, 5.41) is 9.23. The zero-order valence-electron chi connectivity index (χ0n) is 9.40. The van der Waals surface area contributed by atoms with E-state index in [1.54, 1.807) is 13.8 Å². The molecule has 0 saturated heterocycles. The second-order valence-electron chi connectivity index (χ2n) is 4.47. The third-order valence-corrected chi connectivity index (χ3v) is 3.47. The number of carboxylic acids is 1. The Hall–Kier alpha value is -1.06. The van der Waals surface area contributed by atoms with Gasteiger partial charge in [-0.2, -0.15) is 0 Å². The highest BCUT2D eigenvalue weighted by molar-refractivity contribution is 5.81. The largest absolute Gasteiger partial charge is 0.480 e. The highest BCUT2D eigenvalue weighted by Gasteiger charge is 2.41. The van der Waals surface area contributed by atoms with E-state index in [0.717, 1.165) is 12.8 Å². The summed E-state index contributed by atoms with van der Waals surface area (Å²) >= 11 is 0. The van der Waals surface area contributed by atoms with E-state index in [-0.39, 0.29) is 0 Å². The molecule has 1 fully saturated rings. The van der Waals surface area contributed by atoms with Crippen LogP contribution in [0, 0.1) is 5.92 Å². The summed E-state index contributed by atoms with van der Waals surface area (Å²) in [6.45, 7) is 3.89. The van der Waals surface area contributed by atoms with Gasteiger partial charge in [-0.25, -0.2) is 4.79 Å². The van der Waals surface area contributed by atoms with E-state index >= 15 is 0 Å². The second-order valence-corrected chi connectivity index (χ2v) is 4.47. The van der Waals surface area contributed by atoms with Crippen molar-refractivity contribution >= 4 is 12.4 Å². The first-order valence-corrected chi connectivity index (χ1v) is 5.50. The number of carbonyl (C=O) groups excluding carboxylic acids is 1. The van der Waals surface area contributed by atoms with E-state index < -0.39 is 11.5 Å². The number of carboxylic acid groups (broad SMARTS) is 1. The minimum Gasteiger partial charge on any atom is -0.480 e. The lowest BCUT2D eigenvalue weighted by molar-refractivity contribution is -0.155. The molecule has 4 heteroatoms. The summed E-state index contributed by atoms with van der Waals surface area (Å²) in [6, 6.07) is 0. The van der Waals surface area contributed by atoms with Crippen molar-refractivity contribution in [1.82, 2.24) is 4.90 Å². The Bertz CT molecular complexity index is 250. The molecule has 4 nitrogen and oxygen atoms in total. The monoisotopic (exact) mass is 213 g/mol. The smallest absolute Gasteiger partial charge is 0.329 e. The molecule has 1 N–H and O–H groups in total. The Labute approximate surface area is 90.3 Å². The zero-order chi connectivity index (χ0) is 11.5. The zero-order valence-corrected chi connectivity index (χ0v) is 9.40. The van der Waals surface area contributed by atoms with Crippen molar-refractivity contribution in [3.8, 4) is 0 Å². The Morgan fingerprint density at radius 1 is 1.60 bits per heavy atom. The van der Waals surface area contributed by atoms with Crippen molar-refractivity contribution in [2.75, 3.05) is 6.54 Å². The molecule has 0 radical (unpaired) electrons. The fourth-order valence-electron chi connectivity index (χ4n) is 2.13. The lowest BCUT2D eigenvalue weighted by Crippen LogP contribution is -2.53. The number of aliphatic carboxylic acids is 1. The molecule has 0 bridgehead atoms. The maximum atomic E-state index is 11.3. The van der Waals surface area contributed by atoms with Crippen LogP contribution < -0.4 is 0 Å². The summed E-state index contributed by atoms with van der Waals surface area (Å²) < 4.78 is 0. The van der Waals surface area contributed by atoms with Crippen molar-refractivity contribution in [1.29, 1.82) is 0 Å². The first-order valence-electron chi connectivity index (χ1n) is 5.50. The lowest BCUT2D eigenvalue weighted by Gasteiger charge is -2.39. The van der Waals surface area contributed by atoms with Crippen LogP contribution in [-0.2, 0) is 9.59 Å². The number of likely N-dealkylation sites (N-methyl/N-ethyl adjacent to an activating group) is 1. The van der Waals surface area contributed by atoms with Crippen LogP contribution in [0.5, 0.6) is 0 Å². The molecule has 1 aliphatic rings. The van der Waals surface area contributed by atoms with Crippen LogP contribution in [0.3, 0.4) is 0 Å². The molecule has 1 aliphatic carbocycles. The minimum absolute atomic E-state index is 0.443. The molecule has 1 atom stereocenters. The molecule has 1 saturated carbocycles. The van der Waals surface area contributed by atoms with E-state index in [1.165, 1.54) is 11.3 Å². The lowest BCUT2D eigenvalue weighted by atomic mass is 9.76. The third kappa shape index (κ3) is 2.30. The molecule has 1 unspecified atom stereocenters. The Kier molecular flexibility index (Phi) is 3.72. The molecular formula is C11H19NO3. The van der Waals surface area contributed by atoms with Crippen LogP contribution in [0.4, 0.5) is 0 Å². The maximum Gasteiger partial charge on any atom is 0.329 e. The number of carbonyl (C=O) groups is 2. The van der Waals surface area contributed by atoms with Crippen molar-refractivity contribution < 1.29 is 14.7 Å². The van der Waals surface area contributed by atoms with Crippen molar-refractivity contribution in [2.24, 2.45) is 5.92 Å². The van der Waals surface area contributed by atoms with Gasteiger partial charge in [-0.1, -0.05) is 19.3 Å². The quantitative estimate of drug-likeness (QED) is 0.680. The number of hydrogen-bond acceptors (Lipinski definition) is 2. The highest BCUT2D eigenvalue weighted by Crippen LogP contribution is 2.35. The first-order chi connectivity index (χ1) is 7.04. The average molecular weight is 213 g/mol. The van der Waals surface area contributed by atoms with E-state index in [9.17, 15) is 14.7 Å². The Balaban J connectivity index is 2.75. The van der Waals surface area contributed by atoms with Gasteiger partial charge in [0.25, 0.3) is 0 Å². The summed E-state index contributed by atoms with van der Waals surface area (Å²) in [5.74, 6) is -0.427. The number of nitrogens with zero attached hydrogens (tertiary/aromatic N) is 1. The predicted octanol–water partition coefficient (Wildman–Crippen LogP) is 1.50. The van der Waals surface area contributed by atoms with Crippen LogP contribution >= 0.6 is 0 Å². The van der Waals surface area contributed by atoms with Crippen molar-refractivity contribution in [3.63, 3.8) is 0 Å². The molecule has 1 amide bonds. The van der Waals surface area contributed by atoms with Crippen LogP contribution in [0.25, 0.3) is 0 Å². The summed E-state index contributed by atoms with van der Waals surface area (Å²) in [5.41, 5.74) is -1.03. The molecule has 0 aromatic carbocycles. The maximum absolute atomic E-state index is 11.3. The van der Waals surface area contributed by atoms with Gasteiger partial charge in [-0.3, -0.25) is 4.79 Å². The van der Waals surface area contributed by atoms with Gasteiger partial charge in [0, 0.05) is 6.54 Å². The van der Waals surface area contributed by atoms with Crippen LogP contribution in [0.15, 0.2) is 0 Å².